The van der Waals surface area contributed by atoms with E-state index in [1.807, 2.05) is 30.3 Å². The topological polar surface area (TPSA) is 191 Å². The van der Waals surface area contributed by atoms with E-state index in [0.717, 1.165) is 65.2 Å². The second kappa shape index (κ2) is 20.2. The summed E-state index contributed by atoms with van der Waals surface area (Å²) in [7, 11) is -3.35. The van der Waals surface area contributed by atoms with Crippen LogP contribution in [0.2, 0.25) is 0 Å². The zero-order valence-electron chi connectivity index (χ0n) is 35.9. The Balaban J connectivity index is 0.688. The van der Waals surface area contributed by atoms with E-state index in [1.165, 1.54) is 6.26 Å². The number of phenolic OH excluding ortho intramolecular Hbond substituents is 1. The number of fused-ring (bicyclic) bond motifs is 2. The van der Waals surface area contributed by atoms with Gasteiger partial charge in [0.05, 0.1) is 55.7 Å². The number of benzene rings is 5. The summed E-state index contributed by atoms with van der Waals surface area (Å²) in [6.45, 7) is 6.90. The predicted molar refractivity (Wildman–Crippen MR) is 240 cm³/mol. The first kappa shape index (κ1) is 45.2. The van der Waals surface area contributed by atoms with Gasteiger partial charge in [-0.3, -0.25) is 34.3 Å². The molecule has 3 aliphatic rings. The minimum absolute atomic E-state index is 0.0787. The van der Waals surface area contributed by atoms with Crippen molar-refractivity contribution in [3.05, 3.63) is 108 Å². The Morgan fingerprint density at radius 3 is 2.02 bits per heavy atom. The first-order valence-electron chi connectivity index (χ1n) is 21.5. The number of sulfone groups is 1. The molecule has 4 amide bonds. The first-order chi connectivity index (χ1) is 31.4. The van der Waals surface area contributed by atoms with Gasteiger partial charge in [-0.15, -0.1) is 0 Å². The highest BCUT2D eigenvalue weighted by Gasteiger charge is 2.44. The molecule has 0 aromatic heterocycles. The number of carbonyl (C=O) groups excluding carboxylic acids is 4. The number of hydrogen-bond acceptors (Lipinski definition) is 14. The Morgan fingerprint density at radius 2 is 1.32 bits per heavy atom. The number of carbonyl (C=O) groups is 4. The molecular formula is C48H50N4O12S. The van der Waals surface area contributed by atoms with Gasteiger partial charge in [0.15, 0.2) is 9.84 Å². The van der Waals surface area contributed by atoms with E-state index in [4.69, 9.17) is 23.7 Å². The molecule has 3 heterocycles. The van der Waals surface area contributed by atoms with Crippen LogP contribution in [0.4, 0.5) is 5.69 Å². The van der Waals surface area contributed by atoms with Gasteiger partial charge in [0.1, 0.15) is 35.6 Å². The minimum atomic E-state index is -3.35. The van der Waals surface area contributed by atoms with E-state index in [2.05, 4.69) is 15.1 Å². The van der Waals surface area contributed by atoms with Crippen LogP contribution < -0.4 is 19.7 Å². The summed E-state index contributed by atoms with van der Waals surface area (Å²) in [6.07, 6.45) is 1.37. The SMILES string of the molecule is CS(=O)(=O)c1ccc(-c2ccc3cc(O)ccc3c2Oc2ccc(OCCOCCOCCOCCN3CCN(c4ccc5c(c4)C(=O)N(C4CCC(=O)NC4=O)C5=O)CC3)cc2)cc1. The number of imide groups is 2. The number of anilines is 1. The van der Waals surface area contributed by atoms with E-state index >= 15 is 0 Å². The van der Waals surface area contributed by atoms with Crippen molar-refractivity contribution in [2.45, 2.75) is 23.8 Å². The number of piperazine rings is 1. The molecule has 0 bridgehead atoms. The lowest BCUT2D eigenvalue weighted by atomic mass is 9.99. The van der Waals surface area contributed by atoms with Crippen molar-refractivity contribution in [2.75, 3.05) is 90.1 Å². The van der Waals surface area contributed by atoms with Crippen LogP contribution in [-0.2, 0) is 33.6 Å². The molecule has 5 aromatic rings. The highest BCUT2D eigenvalue weighted by atomic mass is 32.2. The molecule has 16 nitrogen and oxygen atoms in total. The summed E-state index contributed by atoms with van der Waals surface area (Å²) >= 11 is 0. The van der Waals surface area contributed by atoms with Crippen LogP contribution in [0.1, 0.15) is 33.6 Å². The zero-order chi connectivity index (χ0) is 45.5. The van der Waals surface area contributed by atoms with Crippen molar-refractivity contribution in [2.24, 2.45) is 0 Å². The van der Waals surface area contributed by atoms with Crippen LogP contribution in [0.15, 0.2) is 102 Å². The van der Waals surface area contributed by atoms with Crippen LogP contribution in [0, 0.1) is 0 Å². The van der Waals surface area contributed by atoms with Gasteiger partial charge in [-0.2, -0.15) is 0 Å². The number of hydrogen-bond donors (Lipinski definition) is 2. The van der Waals surface area contributed by atoms with Crippen molar-refractivity contribution < 1.29 is 56.4 Å². The molecule has 0 saturated carbocycles. The van der Waals surface area contributed by atoms with E-state index in [1.54, 1.807) is 66.7 Å². The second-order valence-corrected chi connectivity index (χ2v) is 17.9. The first-order valence-corrected chi connectivity index (χ1v) is 23.4. The number of ether oxygens (including phenoxy) is 5. The second-order valence-electron chi connectivity index (χ2n) is 15.9. The standard InChI is InChI=1S/C48H50N4O12S/c1-65(58,59)38-11-2-32(3-12-38)39-13-4-33-30-35(53)6-15-40(33)45(39)64-37-9-7-36(8-10-37)63-29-28-62-27-26-61-25-24-60-23-22-50-18-20-51(21-19-50)34-5-14-41-42(31-34)48(57)52(47(41)56)43-16-17-44(54)49-46(43)55/h2-15,30-31,43,53H,16-29H2,1H3,(H,49,54,55). The van der Waals surface area contributed by atoms with Gasteiger partial charge >= 0.3 is 0 Å². The Labute approximate surface area is 376 Å². The van der Waals surface area contributed by atoms with Crippen LogP contribution in [-0.4, -0.2) is 138 Å². The Kier molecular flexibility index (Phi) is 14.1. The smallest absolute Gasteiger partial charge is 0.262 e. The van der Waals surface area contributed by atoms with E-state index < -0.39 is 39.5 Å². The molecule has 2 N–H and O–H groups in total. The monoisotopic (exact) mass is 906 g/mol. The van der Waals surface area contributed by atoms with E-state index in [0.29, 0.717) is 63.5 Å². The number of nitrogens with zero attached hydrogens (tertiary/aromatic N) is 3. The van der Waals surface area contributed by atoms with Crippen molar-refractivity contribution in [3.8, 4) is 34.1 Å². The fraction of sp³-hybridized carbons (Fsp3) is 0.333. The zero-order valence-corrected chi connectivity index (χ0v) is 36.7. The van der Waals surface area contributed by atoms with Gasteiger partial charge in [-0.1, -0.05) is 18.2 Å². The average molecular weight is 907 g/mol. The number of rotatable bonds is 19. The molecule has 1 atom stereocenters. The highest BCUT2D eigenvalue weighted by molar-refractivity contribution is 7.90. The lowest BCUT2D eigenvalue weighted by Crippen LogP contribution is -2.54. The molecule has 3 aliphatic heterocycles. The number of amides is 4. The molecule has 1 unspecified atom stereocenters. The Bertz CT molecular complexity index is 2670. The van der Waals surface area contributed by atoms with Crippen LogP contribution in [0.25, 0.3) is 21.9 Å². The third-order valence-corrected chi connectivity index (χ3v) is 12.7. The average Bonchev–Trinajstić information content (AvgIpc) is 3.54. The molecular weight excluding hydrogens is 857 g/mol. The third kappa shape index (κ3) is 10.8. The number of phenols is 1. The van der Waals surface area contributed by atoms with Crippen LogP contribution >= 0.6 is 0 Å². The van der Waals surface area contributed by atoms with Gasteiger partial charge in [0.2, 0.25) is 11.8 Å². The number of aromatic hydroxyl groups is 1. The molecule has 0 spiro atoms. The summed E-state index contributed by atoms with van der Waals surface area (Å²) in [5, 5.41) is 13.9. The lowest BCUT2D eigenvalue weighted by Gasteiger charge is -2.36. The fourth-order valence-corrected chi connectivity index (χ4v) is 8.70. The molecule has 8 rings (SSSR count). The maximum atomic E-state index is 13.2. The number of nitrogens with one attached hydrogen (secondary N) is 1. The van der Waals surface area contributed by atoms with Crippen LogP contribution in [0.5, 0.6) is 23.0 Å². The molecule has 17 heteroatoms. The van der Waals surface area contributed by atoms with Gasteiger partial charge < -0.3 is 33.7 Å². The van der Waals surface area contributed by atoms with Crippen molar-refractivity contribution in [1.29, 1.82) is 0 Å². The summed E-state index contributed by atoms with van der Waals surface area (Å²) in [4.78, 5) is 55.9. The summed E-state index contributed by atoms with van der Waals surface area (Å²) in [5.41, 5.74) is 2.94. The predicted octanol–water partition coefficient (Wildman–Crippen LogP) is 5.06. The van der Waals surface area contributed by atoms with Gasteiger partial charge in [0, 0.05) is 62.0 Å². The van der Waals surface area contributed by atoms with E-state index in [-0.39, 0.29) is 34.6 Å². The van der Waals surface area contributed by atoms with Gasteiger partial charge in [-0.05, 0) is 96.2 Å². The molecule has 0 radical (unpaired) electrons. The third-order valence-electron chi connectivity index (χ3n) is 11.5. The molecule has 2 fully saturated rings. The van der Waals surface area contributed by atoms with Gasteiger partial charge in [-0.25, -0.2) is 8.42 Å². The summed E-state index contributed by atoms with van der Waals surface area (Å²) < 4.78 is 53.5. The van der Waals surface area contributed by atoms with Crippen molar-refractivity contribution in [3.63, 3.8) is 0 Å². The minimum Gasteiger partial charge on any atom is -0.508 e. The largest absolute Gasteiger partial charge is 0.508 e. The normalized spacial score (nSPS) is 16.8. The quantitative estimate of drug-likeness (QED) is 0.0826. The number of piperidine rings is 1. The Morgan fingerprint density at radius 1 is 0.677 bits per heavy atom. The molecule has 5 aromatic carbocycles. The maximum Gasteiger partial charge on any atom is 0.262 e. The maximum absolute atomic E-state index is 13.2. The molecule has 0 aliphatic carbocycles. The molecule has 2 saturated heterocycles. The lowest BCUT2D eigenvalue weighted by molar-refractivity contribution is -0.136. The Hall–Kier alpha value is -6.37. The van der Waals surface area contributed by atoms with Gasteiger partial charge in [0.25, 0.3) is 11.8 Å². The highest BCUT2D eigenvalue weighted by Crippen LogP contribution is 2.41. The molecule has 65 heavy (non-hydrogen) atoms. The van der Waals surface area contributed by atoms with Crippen molar-refractivity contribution >= 4 is 49.9 Å². The van der Waals surface area contributed by atoms with Crippen LogP contribution in [0.3, 0.4) is 0 Å². The summed E-state index contributed by atoms with van der Waals surface area (Å²) in [5.74, 6) is -0.129. The summed E-state index contributed by atoms with van der Waals surface area (Å²) in [6, 6.07) is 26.9. The van der Waals surface area contributed by atoms with E-state index in [9.17, 15) is 32.7 Å². The fourth-order valence-electron chi connectivity index (χ4n) is 8.07. The molecule has 340 valence electrons. The van der Waals surface area contributed by atoms with Crippen molar-refractivity contribution in [1.82, 2.24) is 15.1 Å².